The number of halogens is 1. The zero-order chi connectivity index (χ0) is 17.1. The Bertz CT molecular complexity index is 789. The number of hydrogen-bond donors (Lipinski definition) is 1. The molecule has 0 saturated heterocycles. The summed E-state index contributed by atoms with van der Waals surface area (Å²) in [7, 11) is 0. The van der Waals surface area contributed by atoms with Gasteiger partial charge in [-0.05, 0) is 42.2 Å². The molecule has 0 spiro atoms. The predicted octanol–water partition coefficient (Wildman–Crippen LogP) is 3.31. The number of benzene rings is 2. The van der Waals surface area contributed by atoms with E-state index in [1.807, 2.05) is 18.2 Å². The Morgan fingerprint density at radius 3 is 2.71 bits per heavy atom. The van der Waals surface area contributed by atoms with Crippen LogP contribution in [0.1, 0.15) is 24.5 Å². The zero-order valence-corrected chi connectivity index (χ0v) is 13.5. The van der Waals surface area contributed by atoms with E-state index in [2.05, 4.69) is 5.32 Å². The van der Waals surface area contributed by atoms with Gasteiger partial charge in [0.2, 0.25) is 11.8 Å². The van der Waals surface area contributed by atoms with Gasteiger partial charge in [-0.2, -0.15) is 0 Å². The van der Waals surface area contributed by atoms with E-state index in [9.17, 15) is 14.0 Å². The molecule has 0 bridgehead atoms. The highest BCUT2D eigenvalue weighted by molar-refractivity contribution is 5.98. The van der Waals surface area contributed by atoms with E-state index in [-0.39, 0.29) is 24.1 Å². The van der Waals surface area contributed by atoms with E-state index in [1.165, 1.54) is 13.0 Å². The third-order valence-corrected chi connectivity index (χ3v) is 4.16. The molecule has 0 aliphatic carbocycles. The lowest BCUT2D eigenvalue weighted by molar-refractivity contribution is -0.118. The molecular weight excluding hydrogens is 307 g/mol. The van der Waals surface area contributed by atoms with Gasteiger partial charge in [-0.1, -0.05) is 24.3 Å². The monoisotopic (exact) mass is 326 g/mol. The summed E-state index contributed by atoms with van der Waals surface area (Å²) in [5.74, 6) is -0.644. The van der Waals surface area contributed by atoms with Crippen LogP contribution >= 0.6 is 0 Å². The third-order valence-electron chi connectivity index (χ3n) is 4.16. The Balaban J connectivity index is 1.88. The molecule has 4 nitrogen and oxygen atoms in total. The maximum absolute atomic E-state index is 13.8. The number of fused-ring (bicyclic) bond motifs is 1. The van der Waals surface area contributed by atoms with Crippen molar-refractivity contribution < 1.29 is 14.0 Å². The van der Waals surface area contributed by atoms with Gasteiger partial charge in [0.25, 0.3) is 0 Å². The first kappa shape index (κ1) is 16.2. The van der Waals surface area contributed by atoms with Gasteiger partial charge in [-0.25, -0.2) is 4.39 Å². The van der Waals surface area contributed by atoms with Crippen molar-refractivity contribution in [2.24, 2.45) is 0 Å². The van der Waals surface area contributed by atoms with Crippen LogP contribution in [-0.4, -0.2) is 18.4 Å². The maximum atomic E-state index is 13.8. The quantitative estimate of drug-likeness (QED) is 0.941. The number of amides is 2. The number of anilines is 2. The van der Waals surface area contributed by atoms with E-state index in [0.717, 1.165) is 29.8 Å². The minimum absolute atomic E-state index is 0.0243. The Kier molecular flexibility index (Phi) is 4.60. The number of hydrogen-bond acceptors (Lipinski definition) is 2. The van der Waals surface area contributed by atoms with Crippen molar-refractivity contribution in [3.05, 3.63) is 59.4 Å². The SMILES string of the molecule is CC(=O)Nc1cccc2c1CCCN2C(=O)Cc1ccccc1F. The van der Waals surface area contributed by atoms with Crippen LogP contribution in [0.25, 0.3) is 0 Å². The summed E-state index contributed by atoms with van der Waals surface area (Å²) in [6.07, 6.45) is 1.64. The van der Waals surface area contributed by atoms with Crippen LogP contribution in [0.15, 0.2) is 42.5 Å². The van der Waals surface area contributed by atoms with Crippen LogP contribution in [0.3, 0.4) is 0 Å². The molecule has 124 valence electrons. The molecule has 2 aromatic rings. The van der Waals surface area contributed by atoms with Gasteiger partial charge in [0.1, 0.15) is 5.82 Å². The second kappa shape index (κ2) is 6.83. The predicted molar refractivity (Wildman–Crippen MR) is 91.5 cm³/mol. The normalized spacial score (nSPS) is 13.3. The number of rotatable bonds is 3. The van der Waals surface area contributed by atoms with Crippen molar-refractivity contribution in [3.8, 4) is 0 Å². The largest absolute Gasteiger partial charge is 0.326 e. The van der Waals surface area contributed by atoms with Crippen LogP contribution < -0.4 is 10.2 Å². The number of carbonyl (C=O) groups is 2. The molecule has 0 unspecified atom stereocenters. The Morgan fingerprint density at radius 1 is 1.17 bits per heavy atom. The third kappa shape index (κ3) is 3.30. The van der Waals surface area contributed by atoms with Crippen LogP contribution in [0.5, 0.6) is 0 Å². The molecule has 1 aliphatic heterocycles. The van der Waals surface area contributed by atoms with Crippen molar-refractivity contribution in [3.63, 3.8) is 0 Å². The Morgan fingerprint density at radius 2 is 1.96 bits per heavy atom. The summed E-state index contributed by atoms with van der Waals surface area (Å²) >= 11 is 0. The Hall–Kier alpha value is -2.69. The first-order valence-corrected chi connectivity index (χ1v) is 7.99. The van der Waals surface area contributed by atoms with Crippen molar-refractivity contribution in [2.45, 2.75) is 26.2 Å². The second-order valence-corrected chi connectivity index (χ2v) is 5.90. The Labute approximate surface area is 140 Å². The van der Waals surface area contributed by atoms with Crippen LogP contribution in [-0.2, 0) is 22.4 Å². The molecule has 0 saturated carbocycles. The van der Waals surface area contributed by atoms with Gasteiger partial charge in [0.15, 0.2) is 0 Å². The fourth-order valence-corrected chi connectivity index (χ4v) is 3.09. The standard InChI is InChI=1S/C19H19FN2O2/c1-13(23)21-17-9-4-10-18-15(17)7-5-11-22(18)19(24)12-14-6-2-3-8-16(14)20/h2-4,6,8-10H,5,7,11-12H2,1H3,(H,21,23). The first-order valence-electron chi connectivity index (χ1n) is 7.99. The summed E-state index contributed by atoms with van der Waals surface area (Å²) in [5.41, 5.74) is 2.89. The lowest BCUT2D eigenvalue weighted by Crippen LogP contribution is -2.37. The first-order chi connectivity index (χ1) is 11.6. The fraction of sp³-hybridized carbons (Fsp3) is 0.263. The fourth-order valence-electron chi connectivity index (χ4n) is 3.09. The lowest BCUT2D eigenvalue weighted by Gasteiger charge is -2.31. The molecule has 0 atom stereocenters. The van der Waals surface area contributed by atoms with E-state index < -0.39 is 0 Å². The molecule has 2 amide bonds. The summed E-state index contributed by atoms with van der Waals surface area (Å²) < 4.78 is 13.8. The number of nitrogens with one attached hydrogen (secondary N) is 1. The zero-order valence-electron chi connectivity index (χ0n) is 13.5. The van der Waals surface area contributed by atoms with E-state index in [4.69, 9.17) is 0 Å². The summed E-state index contributed by atoms with van der Waals surface area (Å²) in [4.78, 5) is 25.7. The summed E-state index contributed by atoms with van der Waals surface area (Å²) in [5, 5.41) is 2.81. The maximum Gasteiger partial charge on any atom is 0.231 e. The van der Waals surface area contributed by atoms with Gasteiger partial charge >= 0.3 is 0 Å². The van der Waals surface area contributed by atoms with Crippen LogP contribution in [0.2, 0.25) is 0 Å². The molecule has 5 heteroatoms. The van der Waals surface area contributed by atoms with Crippen molar-refractivity contribution in [1.82, 2.24) is 0 Å². The second-order valence-electron chi connectivity index (χ2n) is 5.90. The highest BCUT2D eigenvalue weighted by Crippen LogP contribution is 2.33. The smallest absolute Gasteiger partial charge is 0.231 e. The molecule has 1 N–H and O–H groups in total. The molecule has 1 aliphatic rings. The lowest BCUT2D eigenvalue weighted by atomic mass is 9.98. The van der Waals surface area contributed by atoms with Crippen molar-refractivity contribution in [2.75, 3.05) is 16.8 Å². The van der Waals surface area contributed by atoms with Crippen molar-refractivity contribution in [1.29, 1.82) is 0 Å². The van der Waals surface area contributed by atoms with E-state index >= 15 is 0 Å². The molecule has 0 fully saturated rings. The van der Waals surface area contributed by atoms with Gasteiger partial charge in [-0.15, -0.1) is 0 Å². The van der Waals surface area contributed by atoms with Gasteiger partial charge in [0, 0.05) is 24.8 Å². The summed E-state index contributed by atoms with van der Waals surface area (Å²) in [6.45, 7) is 2.06. The van der Waals surface area contributed by atoms with Gasteiger partial charge < -0.3 is 10.2 Å². The highest BCUT2D eigenvalue weighted by Gasteiger charge is 2.25. The molecular formula is C19H19FN2O2. The average molecular weight is 326 g/mol. The molecule has 2 aromatic carbocycles. The summed E-state index contributed by atoms with van der Waals surface area (Å²) in [6, 6.07) is 11.9. The highest BCUT2D eigenvalue weighted by atomic mass is 19.1. The number of nitrogens with zero attached hydrogens (tertiary/aromatic N) is 1. The van der Waals surface area contributed by atoms with E-state index in [1.54, 1.807) is 23.1 Å². The molecule has 24 heavy (non-hydrogen) atoms. The minimum Gasteiger partial charge on any atom is -0.326 e. The van der Waals surface area contributed by atoms with Crippen LogP contribution in [0, 0.1) is 5.82 Å². The number of carbonyl (C=O) groups excluding carboxylic acids is 2. The van der Waals surface area contributed by atoms with Gasteiger partial charge in [-0.3, -0.25) is 9.59 Å². The van der Waals surface area contributed by atoms with Crippen LogP contribution in [0.4, 0.5) is 15.8 Å². The molecule has 0 aromatic heterocycles. The van der Waals surface area contributed by atoms with Crippen molar-refractivity contribution >= 4 is 23.2 Å². The van der Waals surface area contributed by atoms with E-state index in [0.29, 0.717) is 12.1 Å². The molecule has 3 rings (SSSR count). The van der Waals surface area contributed by atoms with Gasteiger partial charge in [0.05, 0.1) is 6.42 Å². The molecule has 1 heterocycles. The topological polar surface area (TPSA) is 49.4 Å². The molecule has 0 radical (unpaired) electrons. The minimum atomic E-state index is -0.366. The average Bonchev–Trinajstić information content (AvgIpc) is 2.56.